The fraction of sp³-hybridized carbons (Fsp3) is 0.278. The maximum Gasteiger partial charge on any atom is 0.269 e. The molecule has 0 atom stereocenters. The molecular formula is C18H20N2O3S. The van der Waals surface area contributed by atoms with Crippen LogP contribution < -0.4 is 0 Å². The number of thioether (sulfide) groups is 1. The number of carbonyl (C=O) groups excluding carboxylic acids is 1. The number of carbonyl (C=O) groups is 1. The van der Waals surface area contributed by atoms with Crippen LogP contribution in [0.5, 0.6) is 0 Å². The minimum atomic E-state index is -0.433. The van der Waals surface area contributed by atoms with Crippen molar-refractivity contribution in [2.24, 2.45) is 0 Å². The predicted octanol–water partition coefficient (Wildman–Crippen LogP) is 3.96. The SMILES string of the molecule is Cc1ccc(CN(C)C(=O)CSc2ccc([N+](=O)[O-])cc2)c(C)c1. The smallest absolute Gasteiger partial charge is 0.269 e. The number of amides is 1. The lowest BCUT2D eigenvalue weighted by atomic mass is 10.1. The molecule has 0 fully saturated rings. The van der Waals surface area contributed by atoms with Gasteiger partial charge in [-0.25, -0.2) is 0 Å². The molecule has 0 saturated heterocycles. The summed E-state index contributed by atoms with van der Waals surface area (Å²) in [6, 6.07) is 12.4. The third-order valence-corrected chi connectivity index (χ3v) is 4.74. The lowest BCUT2D eigenvalue weighted by Gasteiger charge is -2.18. The predicted molar refractivity (Wildman–Crippen MR) is 96.2 cm³/mol. The number of aryl methyl sites for hydroxylation is 2. The van der Waals surface area contributed by atoms with E-state index in [1.807, 2.05) is 19.9 Å². The first-order valence-electron chi connectivity index (χ1n) is 7.54. The van der Waals surface area contributed by atoms with Crippen molar-refractivity contribution in [2.45, 2.75) is 25.3 Å². The van der Waals surface area contributed by atoms with E-state index < -0.39 is 4.92 Å². The summed E-state index contributed by atoms with van der Waals surface area (Å²) in [5.41, 5.74) is 3.58. The molecule has 0 spiro atoms. The molecular weight excluding hydrogens is 324 g/mol. The van der Waals surface area contributed by atoms with Crippen LogP contribution in [0.1, 0.15) is 16.7 Å². The molecule has 2 aromatic rings. The summed E-state index contributed by atoms with van der Waals surface area (Å²) >= 11 is 1.38. The van der Waals surface area contributed by atoms with E-state index in [1.165, 1.54) is 35.0 Å². The molecule has 6 heteroatoms. The van der Waals surface area contributed by atoms with Crippen molar-refractivity contribution in [3.05, 3.63) is 69.3 Å². The zero-order valence-corrected chi connectivity index (χ0v) is 14.8. The van der Waals surface area contributed by atoms with Crippen LogP contribution in [0.4, 0.5) is 5.69 Å². The van der Waals surface area contributed by atoms with Gasteiger partial charge < -0.3 is 4.90 Å². The minimum Gasteiger partial charge on any atom is -0.341 e. The normalized spacial score (nSPS) is 10.5. The monoisotopic (exact) mass is 344 g/mol. The highest BCUT2D eigenvalue weighted by molar-refractivity contribution is 8.00. The van der Waals surface area contributed by atoms with Gasteiger partial charge in [-0.1, -0.05) is 23.8 Å². The number of rotatable bonds is 6. The maximum atomic E-state index is 12.3. The van der Waals surface area contributed by atoms with Crippen LogP contribution in [-0.2, 0) is 11.3 Å². The molecule has 24 heavy (non-hydrogen) atoms. The number of benzene rings is 2. The lowest BCUT2D eigenvalue weighted by Crippen LogP contribution is -2.28. The summed E-state index contributed by atoms with van der Waals surface area (Å²) in [6.07, 6.45) is 0. The van der Waals surface area contributed by atoms with Crippen LogP contribution in [0.3, 0.4) is 0 Å². The molecule has 0 saturated carbocycles. The van der Waals surface area contributed by atoms with Crippen LogP contribution in [0.2, 0.25) is 0 Å². The van der Waals surface area contributed by atoms with Crippen molar-refractivity contribution in [1.29, 1.82) is 0 Å². The average molecular weight is 344 g/mol. The number of hydrogen-bond donors (Lipinski definition) is 0. The molecule has 0 heterocycles. The van der Waals surface area contributed by atoms with Gasteiger partial charge in [0.2, 0.25) is 5.91 Å². The van der Waals surface area contributed by atoms with Gasteiger partial charge in [0.15, 0.2) is 0 Å². The fourth-order valence-corrected chi connectivity index (χ4v) is 3.13. The van der Waals surface area contributed by atoms with E-state index in [2.05, 4.69) is 12.1 Å². The Kier molecular flexibility index (Phi) is 5.98. The summed E-state index contributed by atoms with van der Waals surface area (Å²) in [7, 11) is 1.79. The molecule has 0 radical (unpaired) electrons. The fourth-order valence-electron chi connectivity index (χ4n) is 2.29. The van der Waals surface area contributed by atoms with E-state index in [-0.39, 0.29) is 11.6 Å². The van der Waals surface area contributed by atoms with E-state index in [4.69, 9.17) is 0 Å². The van der Waals surface area contributed by atoms with Crippen LogP contribution in [0.15, 0.2) is 47.4 Å². The second kappa shape index (κ2) is 7.97. The zero-order chi connectivity index (χ0) is 17.7. The third kappa shape index (κ3) is 4.83. The quantitative estimate of drug-likeness (QED) is 0.452. The van der Waals surface area contributed by atoms with E-state index in [1.54, 1.807) is 24.1 Å². The first kappa shape index (κ1) is 18.0. The Morgan fingerprint density at radius 1 is 1.17 bits per heavy atom. The van der Waals surface area contributed by atoms with Crippen molar-refractivity contribution in [2.75, 3.05) is 12.8 Å². The van der Waals surface area contributed by atoms with Crippen molar-refractivity contribution in [3.63, 3.8) is 0 Å². The van der Waals surface area contributed by atoms with Gasteiger partial charge in [0.25, 0.3) is 5.69 Å². The third-order valence-electron chi connectivity index (χ3n) is 3.74. The second-order valence-electron chi connectivity index (χ2n) is 5.72. The van der Waals surface area contributed by atoms with E-state index in [0.29, 0.717) is 12.3 Å². The van der Waals surface area contributed by atoms with Gasteiger partial charge in [-0.3, -0.25) is 14.9 Å². The van der Waals surface area contributed by atoms with Crippen LogP contribution in [0, 0.1) is 24.0 Å². The molecule has 0 bridgehead atoms. The molecule has 0 unspecified atom stereocenters. The van der Waals surface area contributed by atoms with Gasteiger partial charge in [-0.2, -0.15) is 0 Å². The number of non-ortho nitro benzene ring substituents is 1. The van der Waals surface area contributed by atoms with Crippen molar-refractivity contribution < 1.29 is 9.72 Å². The molecule has 0 aromatic heterocycles. The van der Waals surface area contributed by atoms with Crippen LogP contribution in [0.25, 0.3) is 0 Å². The molecule has 0 aliphatic rings. The largest absolute Gasteiger partial charge is 0.341 e. The first-order valence-corrected chi connectivity index (χ1v) is 8.52. The van der Waals surface area contributed by atoms with Gasteiger partial charge in [0.1, 0.15) is 0 Å². The first-order chi connectivity index (χ1) is 11.4. The standard InChI is InChI=1S/C18H20N2O3S/c1-13-4-5-15(14(2)10-13)11-19(3)18(21)12-24-17-8-6-16(7-9-17)20(22)23/h4-10H,11-12H2,1-3H3. The van der Waals surface area contributed by atoms with Gasteiger partial charge >= 0.3 is 0 Å². The van der Waals surface area contributed by atoms with Gasteiger partial charge in [-0.15, -0.1) is 11.8 Å². The Balaban J connectivity index is 1.90. The Morgan fingerprint density at radius 2 is 1.83 bits per heavy atom. The number of hydrogen-bond acceptors (Lipinski definition) is 4. The molecule has 5 nitrogen and oxygen atoms in total. The average Bonchev–Trinajstić information content (AvgIpc) is 2.55. The van der Waals surface area contributed by atoms with Crippen molar-refractivity contribution in [1.82, 2.24) is 4.90 Å². The topological polar surface area (TPSA) is 63.5 Å². The summed E-state index contributed by atoms with van der Waals surface area (Å²) in [6.45, 7) is 4.67. The van der Waals surface area contributed by atoms with Crippen molar-refractivity contribution in [3.8, 4) is 0 Å². The second-order valence-corrected chi connectivity index (χ2v) is 6.77. The van der Waals surface area contributed by atoms with Crippen LogP contribution in [-0.4, -0.2) is 28.5 Å². The van der Waals surface area contributed by atoms with Crippen LogP contribution >= 0.6 is 11.8 Å². The molecule has 0 aliphatic heterocycles. The zero-order valence-electron chi connectivity index (χ0n) is 14.0. The molecule has 0 aliphatic carbocycles. The van der Waals surface area contributed by atoms with E-state index in [9.17, 15) is 14.9 Å². The number of nitro benzene ring substituents is 1. The van der Waals surface area contributed by atoms with E-state index in [0.717, 1.165) is 10.5 Å². The Morgan fingerprint density at radius 3 is 2.42 bits per heavy atom. The highest BCUT2D eigenvalue weighted by Crippen LogP contribution is 2.22. The number of nitrogens with zero attached hydrogens (tertiary/aromatic N) is 2. The van der Waals surface area contributed by atoms with E-state index >= 15 is 0 Å². The molecule has 1 amide bonds. The molecule has 0 N–H and O–H groups in total. The summed E-state index contributed by atoms with van der Waals surface area (Å²) in [4.78, 5) is 25.0. The molecule has 2 aromatic carbocycles. The molecule has 126 valence electrons. The summed E-state index contributed by atoms with van der Waals surface area (Å²) in [5, 5.41) is 10.6. The summed E-state index contributed by atoms with van der Waals surface area (Å²) < 4.78 is 0. The van der Waals surface area contributed by atoms with Crippen molar-refractivity contribution >= 4 is 23.4 Å². The summed E-state index contributed by atoms with van der Waals surface area (Å²) in [5.74, 6) is 0.331. The van der Waals surface area contributed by atoms with Gasteiger partial charge in [0, 0.05) is 30.6 Å². The van der Waals surface area contributed by atoms with Gasteiger partial charge in [-0.05, 0) is 37.1 Å². The highest BCUT2D eigenvalue weighted by Gasteiger charge is 2.12. The Labute approximate surface area is 145 Å². The van der Waals surface area contributed by atoms with Gasteiger partial charge in [0.05, 0.1) is 10.7 Å². The highest BCUT2D eigenvalue weighted by atomic mass is 32.2. The Bertz CT molecular complexity index is 744. The lowest BCUT2D eigenvalue weighted by molar-refractivity contribution is -0.384. The Hall–Kier alpha value is -2.34. The maximum absolute atomic E-state index is 12.3. The minimum absolute atomic E-state index is 0.0262. The molecule has 2 rings (SSSR count). The number of nitro groups is 1.